The molecule has 0 aliphatic carbocycles. The topological polar surface area (TPSA) is 159 Å². The predicted octanol–water partition coefficient (Wildman–Crippen LogP) is -4.61. The van der Waals surface area contributed by atoms with Crippen LogP contribution in [0.25, 0.3) is 0 Å². The van der Waals surface area contributed by atoms with E-state index in [-0.39, 0.29) is 133 Å². The Balaban J connectivity index is 0. The summed E-state index contributed by atoms with van der Waals surface area (Å²) in [6.07, 6.45) is 0. The molecule has 0 aromatic heterocycles. The second-order valence-corrected chi connectivity index (χ2v) is 0. The predicted molar refractivity (Wildman–Crippen MR) is 25.1 cm³/mol. The van der Waals surface area contributed by atoms with Gasteiger partial charge in [-0.1, -0.05) is 0 Å². The second-order valence-electron chi connectivity index (χ2n) is 0. The Morgan fingerprint density at radius 3 is 0.400 bits per heavy atom. The van der Waals surface area contributed by atoms with Gasteiger partial charge >= 0.3 is 0 Å². The molecule has 5 nitrogen and oxygen atoms in total. The third kappa shape index (κ3) is 116. The van der Waals surface area contributed by atoms with Crippen molar-refractivity contribution in [1.82, 2.24) is 0 Å². The zero-order chi connectivity index (χ0) is 0. The second kappa shape index (κ2) is 153. The van der Waals surface area contributed by atoms with Gasteiger partial charge in [-0.25, -0.2) is 0 Å². The molecule has 0 aromatic rings. The maximum Gasteiger partial charge on any atom is 0 e. The first kappa shape index (κ1) is 197. The Morgan fingerprint density at radius 1 is 0.400 bits per heavy atom. The van der Waals surface area contributed by atoms with Gasteiger partial charge in [0.15, 0.2) is 0 Å². The van der Waals surface area contributed by atoms with E-state index in [1.54, 1.807) is 0 Å². The van der Waals surface area contributed by atoms with Crippen LogP contribution in [0.5, 0.6) is 0 Å². The molecule has 0 aliphatic heterocycles. The molecule has 0 unspecified atom stereocenters. The Kier molecular flexibility index (Phi) is 3010. The van der Waals surface area contributed by atoms with Crippen molar-refractivity contribution in [2.75, 3.05) is 0 Å². The molecule has 11 N–H and O–H groups in total. The molecule has 0 fully saturated rings. The fourth-order valence-electron chi connectivity index (χ4n) is 0. The molecule has 0 amide bonds. The first-order chi connectivity index (χ1) is 0. The summed E-state index contributed by atoms with van der Waals surface area (Å²) < 4.78 is 0. The Morgan fingerprint density at radius 2 is 0.400 bits per heavy atom. The van der Waals surface area contributed by atoms with E-state index in [4.69, 9.17) is 0 Å². The Hall–Kier alpha value is 3.14. The summed E-state index contributed by atoms with van der Waals surface area (Å²) in [7, 11) is 0. The minimum Gasteiger partial charge on any atom is -0.457 e. The van der Waals surface area contributed by atoms with Crippen molar-refractivity contribution in [3.05, 3.63) is 0 Å². The van der Waals surface area contributed by atoms with Crippen LogP contribution in [0.15, 0.2) is 0 Å². The summed E-state index contributed by atoms with van der Waals surface area (Å²) in [5.74, 6) is 0. The smallest absolute Gasteiger partial charge is 0 e. The SMILES string of the molecule is O.O.O.O.[Ca].[Mn].[Mn].[Mn].[Mn].[OH3+]. The summed E-state index contributed by atoms with van der Waals surface area (Å²) in [6.45, 7) is 0. The van der Waals surface area contributed by atoms with Crippen molar-refractivity contribution in [3.63, 3.8) is 0 Å². The molecular formula is H11CaMn4O5+. The van der Waals surface area contributed by atoms with E-state index in [2.05, 4.69) is 0 Å². The van der Waals surface area contributed by atoms with Gasteiger partial charge < -0.3 is 27.4 Å². The van der Waals surface area contributed by atoms with Crippen molar-refractivity contribution in [2.24, 2.45) is 0 Å². The molecule has 0 heterocycles. The molecule has 0 saturated heterocycles. The molecule has 0 rings (SSSR count). The fourth-order valence-corrected chi connectivity index (χ4v) is 0. The van der Waals surface area contributed by atoms with E-state index in [9.17, 15) is 0 Å². The molecule has 70 valence electrons. The largest absolute Gasteiger partial charge is 0.457 e. The number of rotatable bonds is 0. The van der Waals surface area contributed by atoms with Crippen molar-refractivity contribution < 1.29 is 95.7 Å². The van der Waals surface area contributed by atoms with Gasteiger partial charge in [0.05, 0.1) is 0 Å². The molecule has 0 saturated carbocycles. The van der Waals surface area contributed by atoms with E-state index >= 15 is 0 Å². The minimum absolute atomic E-state index is 0. The Bertz CT molecular complexity index is 13.6. The average molecular weight is 351 g/mol. The standard InChI is InChI=1S/Ca.4Mn.5H2O/h;;;;;5*1H2/p+1. The summed E-state index contributed by atoms with van der Waals surface area (Å²) in [5, 5.41) is 0. The molecule has 6 radical (unpaired) electrons. The van der Waals surface area contributed by atoms with Gasteiger partial charge in [-0.2, -0.15) is 0 Å². The van der Waals surface area contributed by atoms with E-state index in [0.717, 1.165) is 0 Å². The zero-order valence-corrected chi connectivity index (χ0v) is 11.7. The van der Waals surface area contributed by atoms with Crippen LogP contribution >= 0.6 is 0 Å². The molecule has 0 spiro atoms. The molecule has 10 heavy (non-hydrogen) atoms. The molecule has 10 heteroatoms. The summed E-state index contributed by atoms with van der Waals surface area (Å²) >= 11 is 0. The van der Waals surface area contributed by atoms with Crippen LogP contribution in [-0.2, 0) is 73.8 Å². The van der Waals surface area contributed by atoms with Gasteiger partial charge in [-0.3, -0.25) is 0 Å². The van der Waals surface area contributed by atoms with Crippen LogP contribution < -0.4 is 0 Å². The van der Waals surface area contributed by atoms with Gasteiger partial charge in [-0.15, -0.1) is 0 Å². The van der Waals surface area contributed by atoms with Crippen LogP contribution in [0.2, 0.25) is 0 Å². The third-order valence-corrected chi connectivity index (χ3v) is 0. The molecule has 0 aliphatic rings. The first-order valence-electron chi connectivity index (χ1n) is 0. The van der Waals surface area contributed by atoms with Crippen LogP contribution in [0.4, 0.5) is 0 Å². The zero-order valence-electron chi connectivity index (χ0n) is 4.80. The maximum absolute atomic E-state index is 0. The van der Waals surface area contributed by atoms with Gasteiger partial charge in [0.25, 0.3) is 0 Å². The normalized spacial score (nSPS) is 0. The maximum atomic E-state index is 0. The summed E-state index contributed by atoms with van der Waals surface area (Å²) in [5.41, 5.74) is 0. The minimum atomic E-state index is 0. The molecular weight excluding hydrogens is 340 g/mol. The van der Waals surface area contributed by atoms with Crippen molar-refractivity contribution in [2.45, 2.75) is 0 Å². The van der Waals surface area contributed by atoms with Gasteiger partial charge in [0, 0.05) is 106 Å². The molecule has 0 aromatic carbocycles. The number of hydrogen-bond donors (Lipinski definition) is 0. The third-order valence-electron chi connectivity index (χ3n) is 0. The van der Waals surface area contributed by atoms with E-state index < -0.39 is 0 Å². The molecule has 0 bridgehead atoms. The van der Waals surface area contributed by atoms with Crippen molar-refractivity contribution in [3.8, 4) is 0 Å². The first-order valence-corrected chi connectivity index (χ1v) is 0. The van der Waals surface area contributed by atoms with Gasteiger partial charge in [0.1, 0.15) is 0 Å². The van der Waals surface area contributed by atoms with Crippen LogP contribution in [0, 0.1) is 0 Å². The summed E-state index contributed by atoms with van der Waals surface area (Å²) in [4.78, 5) is 0. The fraction of sp³-hybridized carbons (Fsp3) is 0. The van der Waals surface area contributed by atoms with E-state index in [0.29, 0.717) is 0 Å². The van der Waals surface area contributed by atoms with Crippen LogP contribution in [0.3, 0.4) is 0 Å². The summed E-state index contributed by atoms with van der Waals surface area (Å²) in [6, 6.07) is 0. The van der Waals surface area contributed by atoms with Crippen LogP contribution in [0.1, 0.15) is 0 Å². The quantitative estimate of drug-likeness (QED) is 0.304. The number of hydrogen-bond acceptors (Lipinski definition) is 0. The van der Waals surface area contributed by atoms with Crippen molar-refractivity contribution >= 4 is 37.7 Å². The Labute approximate surface area is 131 Å². The molecule has 0 atom stereocenters. The monoisotopic (exact) mass is 351 g/mol. The van der Waals surface area contributed by atoms with E-state index in [1.165, 1.54) is 0 Å². The van der Waals surface area contributed by atoms with Crippen molar-refractivity contribution in [1.29, 1.82) is 0 Å². The van der Waals surface area contributed by atoms with Gasteiger partial charge in [-0.05, 0) is 0 Å². The van der Waals surface area contributed by atoms with Crippen LogP contribution in [-0.4, -0.2) is 59.6 Å². The average Bonchev–Trinajstić information content (AvgIpc) is 0. The van der Waals surface area contributed by atoms with E-state index in [1.807, 2.05) is 0 Å². The van der Waals surface area contributed by atoms with Gasteiger partial charge in [0.2, 0.25) is 0 Å².